The van der Waals surface area contributed by atoms with Crippen LogP contribution >= 0.6 is 0 Å². The molecule has 152 valence electrons. The summed E-state index contributed by atoms with van der Waals surface area (Å²) in [5.41, 5.74) is 9.99. The Morgan fingerprint density at radius 3 is 2.47 bits per heavy atom. The summed E-state index contributed by atoms with van der Waals surface area (Å²) in [5, 5.41) is 9.40. The van der Waals surface area contributed by atoms with Gasteiger partial charge in [-0.2, -0.15) is 0 Å². The van der Waals surface area contributed by atoms with Crippen molar-refractivity contribution in [1.82, 2.24) is 0 Å². The van der Waals surface area contributed by atoms with Crippen molar-refractivity contribution in [3.8, 4) is 6.07 Å². The lowest BCUT2D eigenvalue weighted by atomic mass is 9.62. The van der Waals surface area contributed by atoms with E-state index in [-0.39, 0.29) is 11.1 Å². The number of hydrogen-bond acceptors (Lipinski definition) is 2. The standard InChI is InChI=1S/C27H29N3/c1-27(2)16-23(25(17-28)29-3)15-22-12-18(8-9-24(22)27)21-13-19-6-4-10-30-11-5-7-20(14-21)26(19)30/h12-15,24H,4-11,16H2,1-2H3/b25-23+. The van der Waals surface area contributed by atoms with E-state index in [0.29, 0.717) is 5.92 Å². The van der Waals surface area contributed by atoms with Crippen molar-refractivity contribution in [3.05, 3.63) is 69.2 Å². The fraction of sp³-hybridized carbons (Fsp3) is 0.481. The molecule has 2 aliphatic heterocycles. The fourth-order valence-electron chi connectivity index (χ4n) is 6.23. The molecule has 0 radical (unpaired) electrons. The maximum atomic E-state index is 9.40. The number of hydrogen-bond donors (Lipinski definition) is 0. The maximum Gasteiger partial charge on any atom is 0.265 e. The monoisotopic (exact) mass is 395 g/mol. The molecule has 0 fully saturated rings. The molecule has 3 nitrogen and oxygen atoms in total. The molecule has 1 aromatic rings. The van der Waals surface area contributed by atoms with Crippen LogP contribution in [0.4, 0.5) is 5.69 Å². The van der Waals surface area contributed by atoms with Gasteiger partial charge in [-0.1, -0.05) is 26.0 Å². The summed E-state index contributed by atoms with van der Waals surface area (Å²) in [7, 11) is 0. The molecule has 4 aliphatic rings. The first kappa shape index (κ1) is 19.2. The molecule has 0 aromatic heterocycles. The van der Waals surface area contributed by atoms with Crippen molar-refractivity contribution in [3.63, 3.8) is 0 Å². The summed E-state index contributed by atoms with van der Waals surface area (Å²) >= 11 is 0. The summed E-state index contributed by atoms with van der Waals surface area (Å²) < 4.78 is 0. The predicted molar refractivity (Wildman–Crippen MR) is 122 cm³/mol. The quantitative estimate of drug-likeness (QED) is 0.417. The van der Waals surface area contributed by atoms with Gasteiger partial charge in [0.25, 0.3) is 5.70 Å². The Hall–Kier alpha value is -2.78. The van der Waals surface area contributed by atoms with Gasteiger partial charge in [0.05, 0.1) is 12.6 Å². The van der Waals surface area contributed by atoms with Gasteiger partial charge in [-0.3, -0.25) is 0 Å². The summed E-state index contributed by atoms with van der Waals surface area (Å²) in [6.45, 7) is 14.4. The minimum atomic E-state index is 0.0799. The van der Waals surface area contributed by atoms with E-state index in [4.69, 9.17) is 6.57 Å². The zero-order valence-electron chi connectivity index (χ0n) is 18.1. The van der Waals surface area contributed by atoms with Gasteiger partial charge < -0.3 is 4.90 Å². The Bertz CT molecular complexity index is 1040. The lowest BCUT2D eigenvalue weighted by molar-refractivity contribution is 0.227. The molecule has 1 unspecified atom stereocenters. The van der Waals surface area contributed by atoms with Crippen molar-refractivity contribution in [2.75, 3.05) is 18.0 Å². The average Bonchev–Trinajstić information content (AvgIpc) is 2.74. The first-order valence-corrected chi connectivity index (χ1v) is 11.3. The Balaban J connectivity index is 1.59. The molecule has 3 heteroatoms. The van der Waals surface area contributed by atoms with Crippen LogP contribution < -0.4 is 4.90 Å². The molecule has 0 saturated carbocycles. The van der Waals surface area contributed by atoms with E-state index in [1.807, 2.05) is 0 Å². The second kappa shape index (κ2) is 7.17. The molecule has 2 aliphatic carbocycles. The number of nitriles is 1. The van der Waals surface area contributed by atoms with Crippen molar-refractivity contribution in [1.29, 1.82) is 5.26 Å². The van der Waals surface area contributed by atoms with E-state index in [1.165, 1.54) is 72.3 Å². The maximum absolute atomic E-state index is 9.40. The summed E-state index contributed by atoms with van der Waals surface area (Å²) in [4.78, 5) is 6.09. The van der Waals surface area contributed by atoms with Gasteiger partial charge in [-0.15, -0.1) is 0 Å². The second-order valence-electron chi connectivity index (χ2n) is 10.0. The van der Waals surface area contributed by atoms with E-state index in [0.717, 1.165) is 24.8 Å². The summed E-state index contributed by atoms with van der Waals surface area (Å²) in [5.74, 6) is 0.502. The van der Waals surface area contributed by atoms with Crippen LogP contribution in [0.25, 0.3) is 10.4 Å². The van der Waals surface area contributed by atoms with Gasteiger partial charge in [0.2, 0.25) is 0 Å². The topological polar surface area (TPSA) is 31.4 Å². The number of fused-ring (bicyclic) bond motifs is 1. The largest absolute Gasteiger partial charge is 0.371 e. The molecule has 1 atom stereocenters. The minimum Gasteiger partial charge on any atom is -0.371 e. The third-order valence-electron chi connectivity index (χ3n) is 7.60. The van der Waals surface area contributed by atoms with Crippen molar-refractivity contribution < 1.29 is 0 Å². The Kier molecular flexibility index (Phi) is 4.59. The molecule has 0 amide bonds. The number of nitrogens with zero attached hydrogens (tertiary/aromatic N) is 3. The first-order chi connectivity index (χ1) is 14.5. The molecule has 30 heavy (non-hydrogen) atoms. The van der Waals surface area contributed by atoms with E-state index in [1.54, 1.807) is 0 Å². The molecule has 0 saturated heterocycles. The van der Waals surface area contributed by atoms with Crippen LogP contribution in [0.15, 0.2) is 41.1 Å². The minimum absolute atomic E-state index is 0.0799. The smallest absolute Gasteiger partial charge is 0.265 e. The third kappa shape index (κ3) is 3.09. The molecule has 1 aromatic carbocycles. The van der Waals surface area contributed by atoms with E-state index >= 15 is 0 Å². The van der Waals surface area contributed by atoms with Gasteiger partial charge in [0, 0.05) is 18.8 Å². The van der Waals surface area contributed by atoms with Crippen molar-refractivity contribution in [2.24, 2.45) is 11.3 Å². The highest BCUT2D eigenvalue weighted by atomic mass is 15.1. The van der Waals surface area contributed by atoms with Crippen LogP contribution in [0.3, 0.4) is 0 Å². The van der Waals surface area contributed by atoms with Crippen molar-refractivity contribution >= 4 is 11.3 Å². The van der Waals surface area contributed by atoms with Crippen LogP contribution in [0.1, 0.15) is 62.6 Å². The number of aryl methyl sites for hydroxylation is 2. The number of anilines is 1. The summed E-state index contributed by atoms with van der Waals surface area (Å²) in [6, 6.07) is 7.02. The number of rotatable bonds is 1. The van der Waals surface area contributed by atoms with Gasteiger partial charge in [0.15, 0.2) is 0 Å². The number of benzene rings is 1. The highest BCUT2D eigenvalue weighted by molar-refractivity contribution is 5.76. The van der Waals surface area contributed by atoms with Crippen LogP contribution in [-0.2, 0) is 12.8 Å². The average molecular weight is 396 g/mol. The van der Waals surface area contributed by atoms with Gasteiger partial charge in [-0.05, 0) is 102 Å². The molecule has 0 spiro atoms. The molecule has 0 bridgehead atoms. The van der Waals surface area contributed by atoms with Crippen molar-refractivity contribution in [2.45, 2.75) is 58.8 Å². The zero-order valence-corrected chi connectivity index (χ0v) is 18.1. The molecular weight excluding hydrogens is 366 g/mol. The van der Waals surface area contributed by atoms with Gasteiger partial charge in [0.1, 0.15) is 0 Å². The molecule has 0 N–H and O–H groups in total. The SMILES string of the molecule is [C-]#[N+]/C(C#N)=C1\C=C2C=C(c3cc4c5c(c3)CCCN5CCC4)CCC2C(C)(C)C1. The Morgan fingerprint density at radius 2 is 1.83 bits per heavy atom. The van der Waals surface area contributed by atoms with Crippen LogP contribution in [-0.4, -0.2) is 13.1 Å². The van der Waals surface area contributed by atoms with E-state index in [2.05, 4.69) is 53.9 Å². The van der Waals surface area contributed by atoms with Crippen LogP contribution in [0.5, 0.6) is 0 Å². The predicted octanol–water partition coefficient (Wildman–Crippen LogP) is 6.23. The zero-order chi connectivity index (χ0) is 20.9. The second-order valence-corrected chi connectivity index (χ2v) is 10.0. The normalized spacial score (nSPS) is 25.7. The first-order valence-electron chi connectivity index (χ1n) is 11.3. The molecule has 5 rings (SSSR count). The van der Waals surface area contributed by atoms with E-state index in [9.17, 15) is 5.26 Å². The lowest BCUT2D eigenvalue weighted by Gasteiger charge is -2.42. The summed E-state index contributed by atoms with van der Waals surface area (Å²) in [6.07, 6.45) is 12.5. The molecular formula is C27H29N3. The number of allylic oxidation sites excluding steroid dienone is 6. The van der Waals surface area contributed by atoms with Gasteiger partial charge in [-0.25, -0.2) is 10.1 Å². The third-order valence-corrected chi connectivity index (χ3v) is 7.60. The lowest BCUT2D eigenvalue weighted by Crippen LogP contribution is -2.34. The Labute approximate surface area is 180 Å². The highest BCUT2D eigenvalue weighted by Crippen LogP contribution is 2.50. The van der Waals surface area contributed by atoms with Gasteiger partial charge >= 0.3 is 0 Å². The fourth-order valence-corrected chi connectivity index (χ4v) is 6.23. The van der Waals surface area contributed by atoms with Crippen LogP contribution in [0.2, 0.25) is 0 Å². The highest BCUT2D eigenvalue weighted by Gasteiger charge is 2.38. The van der Waals surface area contributed by atoms with E-state index < -0.39 is 0 Å². The van der Waals surface area contributed by atoms with Crippen LogP contribution in [0, 0.1) is 29.2 Å². The Morgan fingerprint density at radius 1 is 1.13 bits per heavy atom. The molecule has 2 heterocycles.